The van der Waals surface area contributed by atoms with Gasteiger partial charge in [0.25, 0.3) is 0 Å². The SMILES string of the molecule is CCOC(=O)COc1c(Cl)cc(Cl)cc1CCN. The van der Waals surface area contributed by atoms with Gasteiger partial charge in [-0.2, -0.15) is 0 Å². The van der Waals surface area contributed by atoms with Crippen LogP contribution in [0.25, 0.3) is 0 Å². The Kier molecular flexibility index (Phi) is 6.25. The van der Waals surface area contributed by atoms with E-state index in [1.807, 2.05) is 0 Å². The zero-order valence-electron chi connectivity index (χ0n) is 10.0. The monoisotopic (exact) mass is 291 g/mol. The lowest BCUT2D eigenvalue weighted by Crippen LogP contribution is -2.16. The van der Waals surface area contributed by atoms with E-state index >= 15 is 0 Å². The predicted molar refractivity (Wildman–Crippen MR) is 71.3 cm³/mol. The van der Waals surface area contributed by atoms with E-state index in [-0.39, 0.29) is 6.61 Å². The van der Waals surface area contributed by atoms with Gasteiger partial charge in [0, 0.05) is 5.02 Å². The number of benzene rings is 1. The molecule has 0 bridgehead atoms. The lowest BCUT2D eigenvalue weighted by atomic mass is 10.1. The smallest absolute Gasteiger partial charge is 0.344 e. The van der Waals surface area contributed by atoms with Gasteiger partial charge in [0.2, 0.25) is 0 Å². The Labute approximate surface area is 116 Å². The number of nitrogens with two attached hydrogens (primary N) is 1. The summed E-state index contributed by atoms with van der Waals surface area (Å²) in [5.74, 6) is -0.0122. The summed E-state index contributed by atoms with van der Waals surface area (Å²) in [6.07, 6.45) is 0.568. The number of esters is 1. The zero-order chi connectivity index (χ0) is 13.5. The zero-order valence-corrected chi connectivity index (χ0v) is 11.6. The standard InChI is InChI=1S/C12H15Cl2NO3/c1-2-17-11(16)7-18-12-8(3-4-15)5-9(13)6-10(12)14/h5-6H,2-4,7,15H2,1H3. The molecule has 0 atom stereocenters. The van der Waals surface area contributed by atoms with Gasteiger partial charge < -0.3 is 15.2 Å². The fourth-order valence-corrected chi connectivity index (χ4v) is 2.04. The summed E-state index contributed by atoms with van der Waals surface area (Å²) >= 11 is 11.9. The molecule has 0 heterocycles. The predicted octanol–water partition coefficient (Wildman–Crippen LogP) is 2.44. The van der Waals surface area contributed by atoms with E-state index < -0.39 is 5.97 Å². The molecule has 4 nitrogen and oxygen atoms in total. The van der Waals surface area contributed by atoms with Crippen molar-refractivity contribution in [2.75, 3.05) is 19.8 Å². The number of halogens is 2. The molecule has 0 fully saturated rings. The van der Waals surface area contributed by atoms with Gasteiger partial charge in [-0.1, -0.05) is 23.2 Å². The van der Waals surface area contributed by atoms with E-state index in [4.69, 9.17) is 38.4 Å². The van der Waals surface area contributed by atoms with Gasteiger partial charge in [0.05, 0.1) is 11.6 Å². The Bertz CT molecular complexity index is 424. The minimum absolute atomic E-state index is 0.188. The first-order valence-electron chi connectivity index (χ1n) is 5.54. The Hall–Kier alpha value is -0.970. The first-order chi connectivity index (χ1) is 8.58. The highest BCUT2D eigenvalue weighted by atomic mass is 35.5. The van der Waals surface area contributed by atoms with Crippen LogP contribution >= 0.6 is 23.2 Å². The van der Waals surface area contributed by atoms with Crippen LogP contribution in [0.3, 0.4) is 0 Å². The molecule has 0 saturated heterocycles. The van der Waals surface area contributed by atoms with Gasteiger partial charge >= 0.3 is 5.97 Å². The van der Waals surface area contributed by atoms with Crippen LogP contribution in [-0.2, 0) is 16.0 Å². The maximum atomic E-state index is 11.2. The van der Waals surface area contributed by atoms with Crippen molar-refractivity contribution in [3.8, 4) is 5.75 Å². The van der Waals surface area contributed by atoms with E-state index in [1.54, 1.807) is 19.1 Å². The Balaban J connectivity index is 2.82. The fraction of sp³-hybridized carbons (Fsp3) is 0.417. The molecule has 1 aromatic rings. The molecule has 0 aromatic heterocycles. The van der Waals surface area contributed by atoms with Crippen LogP contribution in [0.5, 0.6) is 5.75 Å². The number of hydrogen-bond acceptors (Lipinski definition) is 4. The molecular weight excluding hydrogens is 277 g/mol. The van der Waals surface area contributed by atoms with Crippen molar-refractivity contribution >= 4 is 29.2 Å². The van der Waals surface area contributed by atoms with Gasteiger partial charge in [-0.3, -0.25) is 0 Å². The van der Waals surface area contributed by atoms with Gasteiger partial charge in [-0.25, -0.2) is 4.79 Å². The lowest BCUT2D eigenvalue weighted by molar-refractivity contribution is -0.145. The third-order valence-electron chi connectivity index (χ3n) is 2.14. The average molecular weight is 292 g/mol. The second-order valence-corrected chi connectivity index (χ2v) is 4.35. The highest BCUT2D eigenvalue weighted by molar-refractivity contribution is 6.35. The van der Waals surface area contributed by atoms with Gasteiger partial charge in [-0.15, -0.1) is 0 Å². The minimum Gasteiger partial charge on any atom is -0.480 e. The molecule has 1 rings (SSSR count). The van der Waals surface area contributed by atoms with Crippen LogP contribution in [-0.4, -0.2) is 25.7 Å². The second-order valence-electron chi connectivity index (χ2n) is 3.51. The number of carbonyl (C=O) groups is 1. The topological polar surface area (TPSA) is 61.5 Å². The molecular formula is C12H15Cl2NO3. The number of hydrogen-bond donors (Lipinski definition) is 1. The summed E-state index contributed by atoms with van der Waals surface area (Å²) < 4.78 is 10.1. The van der Waals surface area contributed by atoms with Crippen LogP contribution in [0.1, 0.15) is 12.5 Å². The van der Waals surface area contributed by atoms with Crippen LogP contribution in [0.2, 0.25) is 10.0 Å². The molecule has 100 valence electrons. The van der Waals surface area contributed by atoms with E-state index in [2.05, 4.69) is 0 Å². The van der Waals surface area contributed by atoms with Crippen molar-refractivity contribution in [3.05, 3.63) is 27.7 Å². The van der Waals surface area contributed by atoms with Crippen molar-refractivity contribution in [1.82, 2.24) is 0 Å². The molecule has 0 amide bonds. The molecule has 6 heteroatoms. The maximum Gasteiger partial charge on any atom is 0.344 e. The van der Waals surface area contributed by atoms with Crippen molar-refractivity contribution in [2.45, 2.75) is 13.3 Å². The molecule has 0 spiro atoms. The lowest BCUT2D eigenvalue weighted by Gasteiger charge is -2.12. The number of rotatable bonds is 6. The van der Waals surface area contributed by atoms with Gasteiger partial charge in [0.1, 0.15) is 5.75 Å². The van der Waals surface area contributed by atoms with Crippen molar-refractivity contribution in [2.24, 2.45) is 5.73 Å². The number of carbonyl (C=O) groups excluding carboxylic acids is 1. The Morgan fingerprint density at radius 1 is 1.39 bits per heavy atom. The van der Waals surface area contributed by atoms with Gasteiger partial charge in [-0.05, 0) is 37.6 Å². The van der Waals surface area contributed by atoms with E-state index in [0.717, 1.165) is 5.56 Å². The second kappa shape index (κ2) is 7.46. The first-order valence-corrected chi connectivity index (χ1v) is 6.30. The minimum atomic E-state index is -0.442. The summed E-state index contributed by atoms with van der Waals surface area (Å²) in [4.78, 5) is 11.2. The molecule has 0 aliphatic rings. The molecule has 0 unspecified atom stereocenters. The van der Waals surface area contributed by atoms with Crippen LogP contribution in [0.4, 0.5) is 0 Å². The fourth-order valence-electron chi connectivity index (χ4n) is 1.45. The highest BCUT2D eigenvalue weighted by Gasteiger charge is 2.12. The van der Waals surface area contributed by atoms with Crippen LogP contribution in [0, 0.1) is 0 Å². The molecule has 0 saturated carbocycles. The first kappa shape index (κ1) is 15.1. The van der Waals surface area contributed by atoms with Crippen molar-refractivity contribution < 1.29 is 14.3 Å². The summed E-state index contributed by atoms with van der Waals surface area (Å²) in [5, 5.41) is 0.863. The largest absolute Gasteiger partial charge is 0.480 e. The molecule has 0 radical (unpaired) electrons. The van der Waals surface area contributed by atoms with Crippen molar-refractivity contribution in [3.63, 3.8) is 0 Å². The summed E-state index contributed by atoms with van der Waals surface area (Å²) in [6, 6.07) is 3.28. The molecule has 2 N–H and O–H groups in total. The maximum absolute atomic E-state index is 11.2. The van der Waals surface area contributed by atoms with Crippen molar-refractivity contribution in [1.29, 1.82) is 0 Å². The highest BCUT2D eigenvalue weighted by Crippen LogP contribution is 2.32. The summed E-state index contributed by atoms with van der Waals surface area (Å²) in [5.41, 5.74) is 6.28. The van der Waals surface area contributed by atoms with Gasteiger partial charge in [0.15, 0.2) is 6.61 Å². The third kappa shape index (κ3) is 4.37. The number of ether oxygens (including phenoxy) is 2. The molecule has 0 aliphatic heterocycles. The Morgan fingerprint density at radius 2 is 2.11 bits per heavy atom. The normalized spacial score (nSPS) is 10.2. The Morgan fingerprint density at radius 3 is 2.72 bits per heavy atom. The average Bonchev–Trinajstić information content (AvgIpc) is 2.28. The quantitative estimate of drug-likeness (QED) is 0.818. The molecule has 0 aliphatic carbocycles. The molecule has 1 aromatic carbocycles. The van der Waals surface area contributed by atoms with E-state index in [1.165, 1.54) is 0 Å². The molecule has 18 heavy (non-hydrogen) atoms. The van der Waals surface area contributed by atoms with E-state index in [0.29, 0.717) is 35.4 Å². The third-order valence-corrected chi connectivity index (χ3v) is 2.64. The van der Waals surface area contributed by atoms with E-state index in [9.17, 15) is 4.79 Å². The summed E-state index contributed by atoms with van der Waals surface area (Å²) in [6.45, 7) is 2.29. The van der Waals surface area contributed by atoms with Crippen LogP contribution in [0.15, 0.2) is 12.1 Å². The van der Waals surface area contributed by atoms with Crippen LogP contribution < -0.4 is 10.5 Å². The summed E-state index contributed by atoms with van der Waals surface area (Å²) in [7, 11) is 0.